The number of carbonyl (C=O) groups excluding carboxylic acids is 1. The molecule has 2 heteroatoms. The molecule has 0 bridgehead atoms. The second kappa shape index (κ2) is 5.08. The van der Waals surface area contributed by atoms with Gasteiger partial charge in [0.1, 0.15) is 0 Å². The Morgan fingerprint density at radius 1 is 1.25 bits per heavy atom. The molecule has 1 atom stereocenters. The molecule has 1 unspecified atom stereocenters. The summed E-state index contributed by atoms with van der Waals surface area (Å²) in [6.45, 7) is 5.67. The van der Waals surface area contributed by atoms with Crippen LogP contribution in [-0.2, 0) is 0 Å². The molecule has 0 fully saturated rings. The molecule has 16 heavy (non-hydrogen) atoms. The van der Waals surface area contributed by atoms with Crippen LogP contribution in [0.1, 0.15) is 36.7 Å². The number of carbonyl (C=O) groups is 1. The van der Waals surface area contributed by atoms with Gasteiger partial charge >= 0.3 is 0 Å². The molecule has 86 valence electrons. The van der Waals surface area contributed by atoms with E-state index in [2.05, 4.69) is 0 Å². The molecule has 2 nitrogen and oxygen atoms in total. The quantitative estimate of drug-likeness (QED) is 0.789. The van der Waals surface area contributed by atoms with Crippen molar-refractivity contribution in [3.63, 3.8) is 0 Å². The molecule has 0 amide bonds. The van der Waals surface area contributed by atoms with Crippen molar-refractivity contribution in [2.45, 2.75) is 26.4 Å². The zero-order chi connectivity index (χ0) is 12.2. The maximum Gasteiger partial charge on any atom is 0.150 e. The fourth-order valence-electron chi connectivity index (χ4n) is 1.22. The van der Waals surface area contributed by atoms with Crippen LogP contribution >= 0.6 is 0 Å². The van der Waals surface area contributed by atoms with Crippen LogP contribution in [0.15, 0.2) is 30.3 Å². The lowest BCUT2D eigenvalue weighted by atomic mass is 9.91. The van der Waals surface area contributed by atoms with Crippen LogP contribution in [0.5, 0.6) is 0 Å². The summed E-state index contributed by atoms with van der Waals surface area (Å²) in [7, 11) is 0. The first-order valence-corrected chi connectivity index (χ1v) is 5.43. The molecule has 1 aromatic rings. The molecule has 1 N–H and O–H groups in total. The van der Waals surface area contributed by atoms with Gasteiger partial charge in [-0.05, 0) is 18.4 Å². The van der Waals surface area contributed by atoms with E-state index in [-0.39, 0.29) is 5.92 Å². The lowest BCUT2D eigenvalue weighted by Gasteiger charge is -2.23. The minimum Gasteiger partial charge on any atom is -0.386 e. The minimum atomic E-state index is -0.851. The number of aliphatic hydroxyl groups is 1. The second-order valence-electron chi connectivity index (χ2n) is 4.46. The van der Waals surface area contributed by atoms with Crippen molar-refractivity contribution in [3.05, 3.63) is 41.5 Å². The van der Waals surface area contributed by atoms with Crippen LogP contribution in [0.4, 0.5) is 0 Å². The zero-order valence-electron chi connectivity index (χ0n) is 9.97. The van der Waals surface area contributed by atoms with Crippen molar-refractivity contribution in [1.82, 2.24) is 0 Å². The monoisotopic (exact) mass is 218 g/mol. The van der Waals surface area contributed by atoms with Crippen LogP contribution in [0.3, 0.4) is 0 Å². The Hall–Kier alpha value is -1.41. The second-order valence-corrected chi connectivity index (χ2v) is 4.46. The first-order chi connectivity index (χ1) is 7.47. The van der Waals surface area contributed by atoms with Crippen molar-refractivity contribution >= 4 is 12.4 Å². The van der Waals surface area contributed by atoms with Crippen molar-refractivity contribution in [2.24, 2.45) is 5.92 Å². The molecule has 0 aromatic heterocycles. The SMILES string of the molecule is CC(C)C(C)(O)/C=C/c1ccccc1C=O. The predicted molar refractivity (Wildman–Crippen MR) is 66.3 cm³/mol. The molecule has 0 aliphatic rings. The van der Waals surface area contributed by atoms with Gasteiger partial charge in [-0.1, -0.05) is 50.3 Å². The molecule has 0 heterocycles. The van der Waals surface area contributed by atoms with Crippen molar-refractivity contribution in [3.8, 4) is 0 Å². The highest BCUT2D eigenvalue weighted by atomic mass is 16.3. The van der Waals surface area contributed by atoms with Crippen LogP contribution in [0.25, 0.3) is 6.08 Å². The largest absolute Gasteiger partial charge is 0.386 e. The molecule has 0 radical (unpaired) electrons. The highest BCUT2D eigenvalue weighted by Crippen LogP contribution is 2.19. The molecular weight excluding hydrogens is 200 g/mol. The summed E-state index contributed by atoms with van der Waals surface area (Å²) >= 11 is 0. The fourth-order valence-corrected chi connectivity index (χ4v) is 1.22. The average molecular weight is 218 g/mol. The lowest BCUT2D eigenvalue weighted by Crippen LogP contribution is -2.27. The molecule has 0 spiro atoms. The van der Waals surface area contributed by atoms with Crippen LogP contribution in [0, 0.1) is 5.92 Å². The van der Waals surface area contributed by atoms with Gasteiger partial charge in [0.2, 0.25) is 0 Å². The van der Waals surface area contributed by atoms with Gasteiger partial charge in [-0.15, -0.1) is 0 Å². The summed E-state index contributed by atoms with van der Waals surface area (Å²) in [5.41, 5.74) is 0.618. The smallest absolute Gasteiger partial charge is 0.150 e. The van der Waals surface area contributed by atoms with Crippen molar-refractivity contribution in [2.75, 3.05) is 0 Å². The molecule has 0 aliphatic carbocycles. The Bertz CT molecular complexity index is 389. The maximum atomic E-state index is 10.8. The number of aldehydes is 1. The summed E-state index contributed by atoms with van der Waals surface area (Å²) < 4.78 is 0. The Balaban J connectivity index is 2.96. The first kappa shape index (κ1) is 12.7. The Morgan fingerprint density at radius 3 is 2.31 bits per heavy atom. The van der Waals surface area contributed by atoms with Gasteiger partial charge in [0.25, 0.3) is 0 Å². The third-order valence-corrected chi connectivity index (χ3v) is 2.89. The first-order valence-electron chi connectivity index (χ1n) is 5.43. The van der Waals surface area contributed by atoms with Gasteiger partial charge in [-0.2, -0.15) is 0 Å². The van der Waals surface area contributed by atoms with Crippen molar-refractivity contribution < 1.29 is 9.90 Å². The van der Waals surface area contributed by atoms with Crippen LogP contribution < -0.4 is 0 Å². The molecule has 1 aromatic carbocycles. The molecule has 0 aliphatic heterocycles. The van der Waals surface area contributed by atoms with Crippen LogP contribution in [0.2, 0.25) is 0 Å². The normalized spacial score (nSPS) is 15.3. The maximum absolute atomic E-state index is 10.8. The summed E-state index contributed by atoms with van der Waals surface area (Å²) in [6.07, 6.45) is 4.35. The van der Waals surface area contributed by atoms with Crippen molar-refractivity contribution in [1.29, 1.82) is 0 Å². The standard InChI is InChI=1S/C14H18O2/c1-11(2)14(3,16)9-8-12-6-4-5-7-13(12)10-15/h4-11,16H,1-3H3/b9-8+. The van der Waals surface area contributed by atoms with Crippen LogP contribution in [-0.4, -0.2) is 17.0 Å². The van der Waals surface area contributed by atoms with E-state index in [1.54, 1.807) is 25.1 Å². The Labute approximate surface area is 96.6 Å². The average Bonchev–Trinajstić information content (AvgIpc) is 2.26. The molecule has 0 saturated carbocycles. The van der Waals surface area contributed by atoms with E-state index >= 15 is 0 Å². The van der Waals surface area contributed by atoms with Gasteiger partial charge in [0, 0.05) is 5.56 Å². The van der Waals surface area contributed by atoms with E-state index in [0.717, 1.165) is 11.8 Å². The number of hydrogen-bond donors (Lipinski definition) is 1. The van der Waals surface area contributed by atoms with E-state index in [9.17, 15) is 9.90 Å². The topological polar surface area (TPSA) is 37.3 Å². The molecular formula is C14H18O2. The highest BCUT2D eigenvalue weighted by Gasteiger charge is 2.20. The molecule has 1 rings (SSSR count). The molecule has 0 saturated heterocycles. The predicted octanol–water partition coefficient (Wildman–Crippen LogP) is 2.92. The van der Waals surface area contributed by atoms with Gasteiger partial charge in [-0.3, -0.25) is 4.79 Å². The fraction of sp³-hybridized carbons (Fsp3) is 0.357. The van der Waals surface area contributed by atoms with Gasteiger partial charge in [-0.25, -0.2) is 0 Å². The highest BCUT2D eigenvalue weighted by molar-refractivity contribution is 5.81. The van der Waals surface area contributed by atoms with E-state index in [4.69, 9.17) is 0 Å². The Morgan fingerprint density at radius 2 is 1.81 bits per heavy atom. The van der Waals surface area contributed by atoms with E-state index in [0.29, 0.717) is 5.56 Å². The summed E-state index contributed by atoms with van der Waals surface area (Å²) in [5, 5.41) is 10.0. The summed E-state index contributed by atoms with van der Waals surface area (Å²) in [4.78, 5) is 10.8. The third kappa shape index (κ3) is 3.04. The lowest BCUT2D eigenvalue weighted by molar-refractivity contribution is 0.0634. The number of hydrogen-bond acceptors (Lipinski definition) is 2. The van der Waals surface area contributed by atoms with E-state index < -0.39 is 5.60 Å². The summed E-state index contributed by atoms with van der Waals surface area (Å²) in [5.74, 6) is 0.132. The third-order valence-electron chi connectivity index (χ3n) is 2.89. The number of rotatable bonds is 4. The van der Waals surface area contributed by atoms with E-state index in [1.807, 2.05) is 32.0 Å². The summed E-state index contributed by atoms with van der Waals surface area (Å²) in [6, 6.07) is 7.31. The Kier molecular flexibility index (Phi) is 4.02. The van der Waals surface area contributed by atoms with Gasteiger partial charge in [0.15, 0.2) is 6.29 Å². The number of benzene rings is 1. The zero-order valence-corrected chi connectivity index (χ0v) is 9.97. The minimum absolute atomic E-state index is 0.132. The van der Waals surface area contributed by atoms with Gasteiger partial charge < -0.3 is 5.11 Å². The van der Waals surface area contributed by atoms with E-state index in [1.165, 1.54) is 0 Å². The van der Waals surface area contributed by atoms with Gasteiger partial charge in [0.05, 0.1) is 5.60 Å².